The molecule has 0 radical (unpaired) electrons. The minimum absolute atomic E-state index is 0.0190. The number of carbonyl (C=O) groups is 1. The fourth-order valence-corrected chi connectivity index (χ4v) is 3.57. The zero-order valence-corrected chi connectivity index (χ0v) is 16.0. The molecule has 2 unspecified atom stereocenters. The number of hydrogen-bond donors (Lipinski definition) is 2. The third-order valence-electron chi connectivity index (χ3n) is 4.72. The first kappa shape index (κ1) is 19.5. The number of aromatic amines is 1. The highest BCUT2D eigenvalue weighted by Gasteiger charge is 2.21. The average Bonchev–Trinajstić information content (AvgIpc) is 2.63. The van der Waals surface area contributed by atoms with Crippen molar-refractivity contribution >= 4 is 16.8 Å². The van der Waals surface area contributed by atoms with E-state index in [1.165, 1.54) is 0 Å². The Balaban J connectivity index is 1.39. The van der Waals surface area contributed by atoms with Gasteiger partial charge in [0.25, 0.3) is 5.56 Å². The van der Waals surface area contributed by atoms with Crippen LogP contribution < -0.4 is 10.9 Å². The van der Waals surface area contributed by atoms with Crippen molar-refractivity contribution in [1.29, 1.82) is 0 Å². The molecule has 0 bridgehead atoms. The number of hydrogen-bond acceptors (Lipinski definition) is 5. The lowest BCUT2D eigenvalue weighted by atomic mass is 10.2. The molecule has 1 aliphatic rings. The molecule has 2 aromatic rings. The van der Waals surface area contributed by atoms with Crippen LogP contribution in [0.1, 0.15) is 32.5 Å². The van der Waals surface area contributed by atoms with Gasteiger partial charge in [-0.05, 0) is 32.4 Å². The molecule has 146 valence electrons. The number of benzene rings is 1. The van der Waals surface area contributed by atoms with Crippen LogP contribution in [0.2, 0.25) is 0 Å². The summed E-state index contributed by atoms with van der Waals surface area (Å²) in [7, 11) is 0. The second-order valence-corrected chi connectivity index (χ2v) is 7.25. The molecule has 1 aliphatic heterocycles. The summed E-state index contributed by atoms with van der Waals surface area (Å²) in [5.74, 6) is 0.527. The van der Waals surface area contributed by atoms with E-state index in [0.717, 1.165) is 26.1 Å². The summed E-state index contributed by atoms with van der Waals surface area (Å²) in [6, 6.07) is 7.21. The summed E-state index contributed by atoms with van der Waals surface area (Å²) in [6.07, 6.45) is 2.17. The van der Waals surface area contributed by atoms with E-state index in [-0.39, 0.29) is 23.7 Å². The lowest BCUT2D eigenvalue weighted by Gasteiger charge is -2.35. The van der Waals surface area contributed by atoms with E-state index in [0.29, 0.717) is 36.1 Å². The zero-order valence-electron chi connectivity index (χ0n) is 16.0. The molecule has 0 aliphatic carbocycles. The number of morpholine rings is 1. The highest BCUT2D eigenvalue weighted by atomic mass is 16.5. The van der Waals surface area contributed by atoms with Crippen molar-refractivity contribution in [2.24, 2.45) is 0 Å². The van der Waals surface area contributed by atoms with E-state index < -0.39 is 0 Å². The first-order valence-electron chi connectivity index (χ1n) is 9.63. The van der Waals surface area contributed by atoms with E-state index in [1.54, 1.807) is 6.07 Å². The first-order valence-corrected chi connectivity index (χ1v) is 9.63. The Morgan fingerprint density at radius 3 is 2.81 bits per heavy atom. The van der Waals surface area contributed by atoms with Crippen molar-refractivity contribution < 1.29 is 9.53 Å². The molecule has 2 N–H and O–H groups in total. The van der Waals surface area contributed by atoms with Gasteiger partial charge >= 0.3 is 0 Å². The van der Waals surface area contributed by atoms with E-state index in [1.807, 2.05) is 18.2 Å². The molecule has 7 heteroatoms. The van der Waals surface area contributed by atoms with Crippen molar-refractivity contribution in [3.8, 4) is 0 Å². The molecule has 7 nitrogen and oxygen atoms in total. The topological polar surface area (TPSA) is 87.3 Å². The molecule has 0 saturated carbocycles. The van der Waals surface area contributed by atoms with E-state index in [2.05, 4.69) is 34.0 Å². The molecule has 27 heavy (non-hydrogen) atoms. The van der Waals surface area contributed by atoms with Crippen molar-refractivity contribution in [2.45, 2.75) is 45.3 Å². The lowest BCUT2D eigenvalue weighted by molar-refractivity contribution is -0.121. The molecular formula is C20H28N4O3. The maximum Gasteiger partial charge on any atom is 0.258 e. The lowest BCUT2D eigenvalue weighted by Crippen LogP contribution is -2.46. The van der Waals surface area contributed by atoms with Crippen LogP contribution in [-0.2, 0) is 16.0 Å². The Bertz CT molecular complexity index is 825. The number of aromatic nitrogens is 2. The van der Waals surface area contributed by atoms with Gasteiger partial charge in [0.05, 0.1) is 23.1 Å². The molecule has 1 aromatic carbocycles. The molecule has 1 saturated heterocycles. The van der Waals surface area contributed by atoms with Crippen molar-refractivity contribution in [3.05, 3.63) is 40.4 Å². The Kier molecular flexibility index (Phi) is 6.58. The highest BCUT2D eigenvalue weighted by Crippen LogP contribution is 2.10. The number of nitrogens with one attached hydrogen (secondary N) is 2. The molecule has 2 heterocycles. The van der Waals surface area contributed by atoms with Gasteiger partial charge in [-0.2, -0.15) is 0 Å². The maximum atomic E-state index is 12.1. The van der Waals surface area contributed by atoms with Crippen LogP contribution in [0, 0.1) is 0 Å². The summed E-state index contributed by atoms with van der Waals surface area (Å²) in [4.78, 5) is 33.7. The third kappa shape index (κ3) is 5.61. The van der Waals surface area contributed by atoms with Gasteiger partial charge < -0.3 is 15.0 Å². The molecule has 1 fully saturated rings. The quantitative estimate of drug-likeness (QED) is 0.719. The number of amides is 1. The summed E-state index contributed by atoms with van der Waals surface area (Å²) in [5.41, 5.74) is 0.496. The van der Waals surface area contributed by atoms with Gasteiger partial charge in [0.2, 0.25) is 5.91 Å². The van der Waals surface area contributed by atoms with E-state index in [4.69, 9.17) is 4.74 Å². The Morgan fingerprint density at radius 2 is 2.04 bits per heavy atom. The number of rotatable bonds is 7. The van der Waals surface area contributed by atoms with Gasteiger partial charge in [-0.15, -0.1) is 0 Å². The van der Waals surface area contributed by atoms with Crippen LogP contribution >= 0.6 is 0 Å². The van der Waals surface area contributed by atoms with Gasteiger partial charge in [0, 0.05) is 39.0 Å². The minimum atomic E-state index is -0.162. The normalized spacial score (nSPS) is 20.7. The van der Waals surface area contributed by atoms with Gasteiger partial charge in [0.1, 0.15) is 5.82 Å². The molecular weight excluding hydrogens is 344 g/mol. The SMILES string of the molecule is CC1CN(CCCNC(=O)CCc2nc3ccccc3c(=O)[nH]2)CC(C)O1. The third-order valence-corrected chi connectivity index (χ3v) is 4.72. The highest BCUT2D eigenvalue weighted by molar-refractivity contribution is 5.78. The smallest absolute Gasteiger partial charge is 0.258 e. The summed E-state index contributed by atoms with van der Waals surface area (Å²) in [6.45, 7) is 7.68. The van der Waals surface area contributed by atoms with Gasteiger partial charge in [-0.25, -0.2) is 4.98 Å². The second-order valence-electron chi connectivity index (χ2n) is 7.25. The number of fused-ring (bicyclic) bond motifs is 1. The van der Waals surface area contributed by atoms with Crippen molar-refractivity contribution in [3.63, 3.8) is 0 Å². The number of carbonyl (C=O) groups excluding carboxylic acids is 1. The molecule has 1 aromatic heterocycles. The molecule has 1 amide bonds. The van der Waals surface area contributed by atoms with Crippen LogP contribution in [0.3, 0.4) is 0 Å². The van der Waals surface area contributed by atoms with Crippen LogP contribution in [0.15, 0.2) is 29.1 Å². The largest absolute Gasteiger partial charge is 0.373 e. The van der Waals surface area contributed by atoms with Gasteiger partial charge in [-0.1, -0.05) is 12.1 Å². The predicted octanol–water partition coefficient (Wildman–Crippen LogP) is 1.47. The standard InChI is InChI=1S/C20H28N4O3/c1-14-12-24(13-15(2)27-14)11-5-10-21-19(25)9-8-18-22-17-7-4-3-6-16(17)20(26)23-18/h3-4,6-7,14-15H,5,8-13H2,1-2H3,(H,21,25)(H,22,23,26). The number of ether oxygens (including phenoxy) is 1. The molecule has 0 spiro atoms. The van der Waals surface area contributed by atoms with Crippen molar-refractivity contribution in [1.82, 2.24) is 20.2 Å². The maximum absolute atomic E-state index is 12.1. The Hall–Kier alpha value is -2.25. The predicted molar refractivity (Wildman–Crippen MR) is 105 cm³/mol. The fraction of sp³-hybridized carbons (Fsp3) is 0.550. The summed E-state index contributed by atoms with van der Waals surface area (Å²) in [5, 5.41) is 3.52. The van der Waals surface area contributed by atoms with Gasteiger partial charge in [0.15, 0.2) is 0 Å². The first-order chi connectivity index (χ1) is 13.0. The number of nitrogens with zero attached hydrogens (tertiary/aromatic N) is 2. The number of para-hydroxylation sites is 1. The molecule has 3 rings (SSSR count). The van der Waals surface area contributed by atoms with Crippen molar-refractivity contribution in [2.75, 3.05) is 26.2 Å². The Labute approximate surface area is 159 Å². The number of H-pyrrole nitrogens is 1. The van der Waals surface area contributed by atoms with Crippen LogP contribution in [0.5, 0.6) is 0 Å². The van der Waals surface area contributed by atoms with E-state index in [9.17, 15) is 9.59 Å². The summed E-state index contributed by atoms with van der Waals surface area (Å²) >= 11 is 0. The second kappa shape index (κ2) is 9.10. The Morgan fingerprint density at radius 1 is 1.30 bits per heavy atom. The molecule has 2 atom stereocenters. The van der Waals surface area contributed by atoms with Crippen LogP contribution in [-0.4, -0.2) is 59.2 Å². The van der Waals surface area contributed by atoms with Crippen LogP contribution in [0.4, 0.5) is 0 Å². The van der Waals surface area contributed by atoms with Gasteiger partial charge in [-0.3, -0.25) is 14.5 Å². The fourth-order valence-electron chi connectivity index (χ4n) is 3.57. The van der Waals surface area contributed by atoms with E-state index >= 15 is 0 Å². The zero-order chi connectivity index (χ0) is 19.2. The van der Waals surface area contributed by atoms with Crippen LogP contribution in [0.25, 0.3) is 10.9 Å². The summed E-state index contributed by atoms with van der Waals surface area (Å²) < 4.78 is 5.73. The monoisotopic (exact) mass is 372 g/mol. The number of aryl methyl sites for hydroxylation is 1. The average molecular weight is 372 g/mol. The minimum Gasteiger partial charge on any atom is -0.373 e.